The Balaban J connectivity index is 1.32. The molecule has 0 saturated carbocycles. The van der Waals surface area contributed by atoms with Crippen molar-refractivity contribution in [3.05, 3.63) is 66.9 Å². The number of nitrogens with one attached hydrogen (secondary N) is 2. The minimum Gasteiger partial charge on any atom is -0.379 e. The highest BCUT2D eigenvalue weighted by Crippen LogP contribution is 2.22. The summed E-state index contributed by atoms with van der Waals surface area (Å²) in [4.78, 5) is 11.2. The second-order valence-corrected chi connectivity index (χ2v) is 6.71. The molecular weight excluding hydrogens is 350 g/mol. The highest BCUT2D eigenvalue weighted by atomic mass is 16.5. The number of benzene rings is 2. The standard InChI is InChI=1S/C22H25N5O/c1-2-4-18(5-3-1)19-6-8-20(9-7-19)25-21-10-11-23-22(26-21)24-12-13-27-14-16-28-17-15-27/h1-11H,12-17H2,(H2,23,24,25,26). The van der Waals surface area contributed by atoms with Crippen LogP contribution in [0.25, 0.3) is 11.1 Å². The first-order valence-corrected chi connectivity index (χ1v) is 9.66. The summed E-state index contributed by atoms with van der Waals surface area (Å²) in [6, 6.07) is 20.6. The van der Waals surface area contributed by atoms with Crippen LogP contribution < -0.4 is 10.6 Å². The van der Waals surface area contributed by atoms with E-state index in [1.807, 2.05) is 12.1 Å². The number of morpholine rings is 1. The molecule has 4 rings (SSSR count). The van der Waals surface area contributed by atoms with Gasteiger partial charge in [-0.05, 0) is 29.3 Å². The van der Waals surface area contributed by atoms with Crippen LogP contribution in [-0.2, 0) is 4.74 Å². The predicted octanol–water partition coefficient (Wildman–Crippen LogP) is 3.63. The average Bonchev–Trinajstić information content (AvgIpc) is 2.76. The first kappa shape index (κ1) is 18.4. The number of ether oxygens (including phenoxy) is 1. The van der Waals surface area contributed by atoms with E-state index < -0.39 is 0 Å². The topological polar surface area (TPSA) is 62.3 Å². The van der Waals surface area contributed by atoms with Crippen LogP contribution >= 0.6 is 0 Å². The van der Waals surface area contributed by atoms with Gasteiger partial charge in [-0.25, -0.2) is 4.98 Å². The van der Waals surface area contributed by atoms with Gasteiger partial charge in [0.2, 0.25) is 5.95 Å². The van der Waals surface area contributed by atoms with Gasteiger partial charge in [-0.15, -0.1) is 0 Å². The Morgan fingerprint density at radius 2 is 1.64 bits per heavy atom. The van der Waals surface area contributed by atoms with Crippen molar-refractivity contribution >= 4 is 17.5 Å². The summed E-state index contributed by atoms with van der Waals surface area (Å²) in [6.45, 7) is 5.39. The molecule has 1 aliphatic heterocycles. The molecule has 0 aliphatic carbocycles. The van der Waals surface area contributed by atoms with Crippen molar-refractivity contribution < 1.29 is 4.74 Å². The van der Waals surface area contributed by atoms with Gasteiger partial charge in [0.15, 0.2) is 0 Å². The fourth-order valence-corrected chi connectivity index (χ4v) is 3.19. The van der Waals surface area contributed by atoms with Gasteiger partial charge in [0.05, 0.1) is 13.2 Å². The van der Waals surface area contributed by atoms with Crippen LogP contribution in [0.15, 0.2) is 66.9 Å². The van der Waals surface area contributed by atoms with Crippen LogP contribution in [0.5, 0.6) is 0 Å². The first-order valence-electron chi connectivity index (χ1n) is 9.66. The summed E-state index contributed by atoms with van der Waals surface area (Å²) in [6.07, 6.45) is 1.77. The van der Waals surface area contributed by atoms with Crippen molar-refractivity contribution in [2.45, 2.75) is 0 Å². The number of rotatable bonds is 7. The third-order valence-corrected chi connectivity index (χ3v) is 4.73. The van der Waals surface area contributed by atoms with Crippen molar-refractivity contribution in [2.24, 2.45) is 0 Å². The van der Waals surface area contributed by atoms with Gasteiger partial charge >= 0.3 is 0 Å². The molecule has 28 heavy (non-hydrogen) atoms. The van der Waals surface area contributed by atoms with E-state index >= 15 is 0 Å². The first-order chi connectivity index (χ1) is 13.9. The quantitative estimate of drug-likeness (QED) is 0.658. The smallest absolute Gasteiger partial charge is 0.224 e. The maximum atomic E-state index is 5.37. The maximum absolute atomic E-state index is 5.37. The van der Waals surface area contributed by atoms with E-state index in [4.69, 9.17) is 4.74 Å². The molecule has 144 valence electrons. The molecule has 0 spiro atoms. The Bertz CT molecular complexity index is 864. The molecule has 0 bridgehead atoms. The van der Waals surface area contributed by atoms with E-state index in [1.54, 1.807) is 6.20 Å². The largest absolute Gasteiger partial charge is 0.379 e. The summed E-state index contributed by atoms with van der Waals surface area (Å²) in [7, 11) is 0. The van der Waals surface area contributed by atoms with E-state index in [-0.39, 0.29) is 0 Å². The van der Waals surface area contributed by atoms with Gasteiger partial charge < -0.3 is 15.4 Å². The minimum atomic E-state index is 0.638. The van der Waals surface area contributed by atoms with Gasteiger partial charge in [0.1, 0.15) is 5.82 Å². The van der Waals surface area contributed by atoms with Crippen LogP contribution in [-0.4, -0.2) is 54.3 Å². The molecule has 1 aliphatic rings. The number of nitrogens with zero attached hydrogens (tertiary/aromatic N) is 3. The van der Waals surface area contributed by atoms with Crippen LogP contribution in [0.4, 0.5) is 17.5 Å². The number of aromatic nitrogens is 2. The molecule has 2 heterocycles. The lowest BCUT2D eigenvalue weighted by molar-refractivity contribution is 0.0398. The summed E-state index contributed by atoms with van der Waals surface area (Å²) in [5.74, 6) is 1.41. The van der Waals surface area contributed by atoms with E-state index in [9.17, 15) is 0 Å². The lowest BCUT2D eigenvalue weighted by Crippen LogP contribution is -2.39. The molecule has 1 saturated heterocycles. The second-order valence-electron chi connectivity index (χ2n) is 6.71. The van der Waals surface area contributed by atoms with Crippen LogP contribution in [0.2, 0.25) is 0 Å². The lowest BCUT2D eigenvalue weighted by atomic mass is 10.1. The summed E-state index contributed by atoms with van der Waals surface area (Å²) >= 11 is 0. The van der Waals surface area contributed by atoms with Gasteiger partial charge in [-0.3, -0.25) is 4.90 Å². The molecule has 0 amide bonds. The molecule has 6 heteroatoms. The molecule has 1 fully saturated rings. The summed E-state index contributed by atoms with van der Waals surface area (Å²) in [5.41, 5.74) is 3.40. The van der Waals surface area contributed by atoms with E-state index in [0.717, 1.165) is 50.9 Å². The molecule has 2 aromatic carbocycles. The van der Waals surface area contributed by atoms with Crippen LogP contribution in [0, 0.1) is 0 Å². The molecule has 1 aromatic heterocycles. The van der Waals surface area contributed by atoms with Crippen LogP contribution in [0.1, 0.15) is 0 Å². The Labute approximate surface area is 165 Å². The van der Waals surface area contributed by atoms with E-state index in [0.29, 0.717) is 5.95 Å². The second kappa shape index (κ2) is 9.30. The Morgan fingerprint density at radius 1 is 0.893 bits per heavy atom. The van der Waals surface area contributed by atoms with Gasteiger partial charge in [-0.2, -0.15) is 4.98 Å². The Morgan fingerprint density at radius 3 is 2.43 bits per heavy atom. The summed E-state index contributed by atoms with van der Waals surface area (Å²) < 4.78 is 5.37. The van der Waals surface area contributed by atoms with Gasteiger partial charge in [0.25, 0.3) is 0 Å². The van der Waals surface area contributed by atoms with Gasteiger partial charge in [0, 0.05) is 38.1 Å². The van der Waals surface area contributed by atoms with Crippen molar-refractivity contribution in [1.82, 2.24) is 14.9 Å². The third kappa shape index (κ3) is 5.06. The number of hydrogen-bond donors (Lipinski definition) is 2. The Kier molecular flexibility index (Phi) is 6.11. The zero-order valence-electron chi connectivity index (χ0n) is 15.8. The molecular formula is C22H25N5O. The number of anilines is 3. The van der Waals surface area contributed by atoms with Crippen molar-refractivity contribution in [1.29, 1.82) is 0 Å². The maximum Gasteiger partial charge on any atom is 0.224 e. The lowest BCUT2D eigenvalue weighted by Gasteiger charge is -2.26. The van der Waals surface area contributed by atoms with Gasteiger partial charge in [-0.1, -0.05) is 42.5 Å². The third-order valence-electron chi connectivity index (χ3n) is 4.73. The van der Waals surface area contributed by atoms with E-state index in [1.165, 1.54) is 11.1 Å². The predicted molar refractivity (Wildman–Crippen MR) is 113 cm³/mol. The molecule has 3 aromatic rings. The van der Waals surface area contributed by atoms with Crippen molar-refractivity contribution in [3.63, 3.8) is 0 Å². The summed E-state index contributed by atoms with van der Waals surface area (Å²) in [5, 5.41) is 6.65. The molecule has 0 radical (unpaired) electrons. The average molecular weight is 375 g/mol. The van der Waals surface area contributed by atoms with Crippen LogP contribution in [0.3, 0.4) is 0 Å². The molecule has 0 unspecified atom stereocenters. The molecule has 6 nitrogen and oxygen atoms in total. The van der Waals surface area contributed by atoms with E-state index in [2.05, 4.69) is 74.0 Å². The highest BCUT2D eigenvalue weighted by Gasteiger charge is 2.09. The fraction of sp³-hybridized carbons (Fsp3) is 0.273. The molecule has 0 atom stereocenters. The van der Waals surface area contributed by atoms with Crippen molar-refractivity contribution in [3.8, 4) is 11.1 Å². The highest BCUT2D eigenvalue weighted by molar-refractivity contribution is 5.67. The zero-order valence-corrected chi connectivity index (χ0v) is 15.8. The van der Waals surface area contributed by atoms with Crippen molar-refractivity contribution in [2.75, 3.05) is 50.0 Å². The minimum absolute atomic E-state index is 0.638. The number of hydrogen-bond acceptors (Lipinski definition) is 6. The monoisotopic (exact) mass is 375 g/mol. The Hall–Kier alpha value is -2.96. The SMILES string of the molecule is c1ccc(-c2ccc(Nc3ccnc(NCCN4CCOCC4)n3)cc2)cc1. The zero-order chi connectivity index (χ0) is 19.0. The fourth-order valence-electron chi connectivity index (χ4n) is 3.19. The normalized spacial score (nSPS) is 14.6. The molecule has 2 N–H and O–H groups in total.